The summed E-state index contributed by atoms with van der Waals surface area (Å²) < 4.78 is 10.2. The van der Waals surface area contributed by atoms with Crippen molar-refractivity contribution in [3.05, 3.63) is 23.8 Å². The van der Waals surface area contributed by atoms with Gasteiger partial charge in [-0.25, -0.2) is 0 Å². The number of benzene rings is 1. The van der Waals surface area contributed by atoms with E-state index < -0.39 is 12.6 Å². The highest BCUT2D eigenvalue weighted by Gasteiger charge is 2.06. The SMILES string of the molecule is CCOc1cc(C=O)ccc1OCC(=O)[O-]. The molecule has 0 heterocycles. The monoisotopic (exact) mass is 223 g/mol. The fraction of sp³-hybridized carbons (Fsp3) is 0.273. The number of rotatable bonds is 6. The van der Waals surface area contributed by atoms with Gasteiger partial charge in [0.05, 0.1) is 12.6 Å². The highest BCUT2D eigenvalue weighted by atomic mass is 16.5. The highest BCUT2D eigenvalue weighted by molar-refractivity contribution is 5.76. The molecule has 0 spiro atoms. The molecule has 0 fully saturated rings. The van der Waals surface area contributed by atoms with E-state index >= 15 is 0 Å². The van der Waals surface area contributed by atoms with Crippen molar-refractivity contribution in [3.63, 3.8) is 0 Å². The fourth-order valence-electron chi connectivity index (χ4n) is 1.12. The fourth-order valence-corrected chi connectivity index (χ4v) is 1.12. The summed E-state index contributed by atoms with van der Waals surface area (Å²) in [5, 5.41) is 10.2. The van der Waals surface area contributed by atoms with Crippen LogP contribution in [0.3, 0.4) is 0 Å². The third-order valence-corrected chi connectivity index (χ3v) is 1.75. The van der Waals surface area contributed by atoms with Gasteiger partial charge < -0.3 is 19.4 Å². The molecule has 0 saturated carbocycles. The summed E-state index contributed by atoms with van der Waals surface area (Å²) in [5.74, 6) is -0.702. The number of carbonyl (C=O) groups is 2. The third kappa shape index (κ3) is 3.27. The number of carbonyl (C=O) groups excluding carboxylic acids is 2. The van der Waals surface area contributed by atoms with Gasteiger partial charge in [0.25, 0.3) is 0 Å². The molecule has 0 atom stereocenters. The third-order valence-electron chi connectivity index (χ3n) is 1.75. The van der Waals surface area contributed by atoms with Crippen molar-refractivity contribution in [3.8, 4) is 11.5 Å². The van der Waals surface area contributed by atoms with Gasteiger partial charge in [-0.1, -0.05) is 0 Å². The Kier molecular flexibility index (Phi) is 4.32. The largest absolute Gasteiger partial charge is 0.546 e. The van der Waals surface area contributed by atoms with Crippen LogP contribution in [0, 0.1) is 0 Å². The van der Waals surface area contributed by atoms with Gasteiger partial charge in [0.1, 0.15) is 12.9 Å². The van der Waals surface area contributed by atoms with Crippen LogP contribution < -0.4 is 14.6 Å². The van der Waals surface area contributed by atoms with E-state index in [1.165, 1.54) is 18.2 Å². The molecular formula is C11H11O5-. The minimum absolute atomic E-state index is 0.275. The Bertz CT molecular complexity index is 386. The first-order chi connectivity index (χ1) is 7.67. The van der Waals surface area contributed by atoms with Crippen LogP contribution in [0.2, 0.25) is 0 Å². The lowest BCUT2D eigenvalue weighted by molar-refractivity contribution is -0.307. The van der Waals surface area contributed by atoms with E-state index in [9.17, 15) is 14.7 Å². The Morgan fingerprint density at radius 3 is 2.69 bits per heavy atom. The number of carboxylic acids is 1. The van der Waals surface area contributed by atoms with Crippen molar-refractivity contribution in [2.75, 3.05) is 13.2 Å². The number of hydrogen-bond donors (Lipinski definition) is 0. The lowest BCUT2D eigenvalue weighted by Gasteiger charge is -2.12. The number of aldehydes is 1. The van der Waals surface area contributed by atoms with E-state index in [1.807, 2.05) is 0 Å². The van der Waals surface area contributed by atoms with Gasteiger partial charge in [-0.2, -0.15) is 0 Å². The minimum atomic E-state index is -1.32. The van der Waals surface area contributed by atoms with Crippen molar-refractivity contribution < 1.29 is 24.2 Å². The van der Waals surface area contributed by atoms with Crippen LogP contribution in [-0.2, 0) is 4.79 Å². The average Bonchev–Trinajstić information content (AvgIpc) is 2.27. The zero-order chi connectivity index (χ0) is 12.0. The summed E-state index contributed by atoms with van der Waals surface area (Å²) in [6.45, 7) is 1.61. The van der Waals surface area contributed by atoms with Gasteiger partial charge in [-0.3, -0.25) is 4.79 Å². The van der Waals surface area contributed by atoms with Crippen molar-refractivity contribution in [1.29, 1.82) is 0 Å². The predicted octanol–water partition coefficient (Wildman–Crippen LogP) is 0.0265. The maximum Gasteiger partial charge on any atom is 0.161 e. The molecule has 0 unspecified atom stereocenters. The second kappa shape index (κ2) is 5.75. The number of ether oxygens (including phenoxy) is 2. The number of carboxylic acid groups (broad SMARTS) is 1. The van der Waals surface area contributed by atoms with Crippen LogP contribution in [0.1, 0.15) is 17.3 Å². The average molecular weight is 223 g/mol. The van der Waals surface area contributed by atoms with Crippen molar-refractivity contribution >= 4 is 12.3 Å². The Balaban J connectivity index is 2.88. The molecule has 0 aromatic heterocycles. The van der Waals surface area contributed by atoms with Crippen LogP contribution in [0.4, 0.5) is 0 Å². The lowest BCUT2D eigenvalue weighted by Crippen LogP contribution is -2.29. The molecule has 0 aliphatic heterocycles. The van der Waals surface area contributed by atoms with E-state index in [0.29, 0.717) is 24.2 Å². The summed E-state index contributed by atoms with van der Waals surface area (Å²) in [6.07, 6.45) is 0.672. The maximum absolute atomic E-state index is 10.5. The van der Waals surface area contributed by atoms with Crippen LogP contribution in [0.5, 0.6) is 11.5 Å². The van der Waals surface area contributed by atoms with Gasteiger partial charge in [0, 0.05) is 5.56 Å². The molecule has 0 aliphatic rings. The Labute approximate surface area is 92.6 Å². The molecule has 0 N–H and O–H groups in total. The van der Waals surface area contributed by atoms with Gasteiger partial charge in [0.15, 0.2) is 11.5 Å². The molecular weight excluding hydrogens is 212 g/mol. The zero-order valence-electron chi connectivity index (χ0n) is 8.76. The second-order valence-electron chi connectivity index (χ2n) is 2.92. The van der Waals surface area contributed by atoms with Gasteiger partial charge in [-0.05, 0) is 25.1 Å². The molecule has 1 aromatic rings. The quantitative estimate of drug-likeness (QED) is 0.636. The molecule has 1 aromatic carbocycles. The normalized spacial score (nSPS) is 9.56. The van der Waals surface area contributed by atoms with Crippen LogP contribution in [0.25, 0.3) is 0 Å². The Hall–Kier alpha value is -2.04. The van der Waals surface area contributed by atoms with Crippen molar-refractivity contribution in [2.45, 2.75) is 6.92 Å². The van der Waals surface area contributed by atoms with E-state index in [4.69, 9.17) is 9.47 Å². The standard InChI is InChI=1S/C11H12O5/c1-2-15-10-5-8(6-12)3-4-9(10)16-7-11(13)14/h3-6H,2,7H2,1H3,(H,13,14)/p-1. The summed E-state index contributed by atoms with van der Waals surface area (Å²) in [4.78, 5) is 20.8. The number of hydrogen-bond acceptors (Lipinski definition) is 5. The lowest BCUT2D eigenvalue weighted by atomic mass is 10.2. The van der Waals surface area contributed by atoms with Crippen LogP contribution in [-0.4, -0.2) is 25.5 Å². The molecule has 0 radical (unpaired) electrons. The first kappa shape index (κ1) is 12.0. The topological polar surface area (TPSA) is 75.7 Å². The molecule has 1 rings (SSSR count). The maximum atomic E-state index is 10.5. The summed E-state index contributed by atoms with van der Waals surface area (Å²) in [5.41, 5.74) is 0.434. The molecule has 0 bridgehead atoms. The molecule has 5 nitrogen and oxygen atoms in total. The second-order valence-corrected chi connectivity index (χ2v) is 2.92. The van der Waals surface area contributed by atoms with Crippen molar-refractivity contribution in [1.82, 2.24) is 0 Å². The van der Waals surface area contributed by atoms with Gasteiger partial charge in [-0.15, -0.1) is 0 Å². The Morgan fingerprint density at radius 2 is 2.12 bits per heavy atom. The Morgan fingerprint density at radius 1 is 1.38 bits per heavy atom. The van der Waals surface area contributed by atoms with E-state index in [0.717, 1.165) is 0 Å². The molecule has 0 aliphatic carbocycles. The van der Waals surface area contributed by atoms with Crippen LogP contribution in [0.15, 0.2) is 18.2 Å². The predicted molar refractivity (Wildman–Crippen MR) is 53.5 cm³/mol. The van der Waals surface area contributed by atoms with E-state index in [-0.39, 0.29) is 5.75 Å². The van der Waals surface area contributed by atoms with Crippen LogP contribution >= 0.6 is 0 Å². The number of aliphatic carboxylic acids is 1. The van der Waals surface area contributed by atoms with E-state index in [1.54, 1.807) is 6.92 Å². The van der Waals surface area contributed by atoms with Crippen molar-refractivity contribution in [2.24, 2.45) is 0 Å². The van der Waals surface area contributed by atoms with E-state index in [2.05, 4.69) is 0 Å². The summed E-state index contributed by atoms with van der Waals surface area (Å²) in [6, 6.07) is 4.49. The highest BCUT2D eigenvalue weighted by Crippen LogP contribution is 2.27. The molecule has 16 heavy (non-hydrogen) atoms. The first-order valence-corrected chi connectivity index (χ1v) is 4.72. The minimum Gasteiger partial charge on any atom is -0.546 e. The first-order valence-electron chi connectivity index (χ1n) is 4.72. The molecule has 5 heteroatoms. The smallest absolute Gasteiger partial charge is 0.161 e. The summed E-state index contributed by atoms with van der Waals surface area (Å²) >= 11 is 0. The van der Waals surface area contributed by atoms with Gasteiger partial charge in [0.2, 0.25) is 0 Å². The van der Waals surface area contributed by atoms with Gasteiger partial charge >= 0.3 is 0 Å². The zero-order valence-corrected chi connectivity index (χ0v) is 8.76. The molecule has 0 saturated heterocycles. The molecule has 86 valence electrons. The summed E-state index contributed by atoms with van der Waals surface area (Å²) in [7, 11) is 0. The molecule has 0 amide bonds.